The Balaban J connectivity index is 2.27. The Morgan fingerprint density at radius 1 is 1.61 bits per heavy atom. The van der Waals surface area contributed by atoms with Gasteiger partial charge in [-0.1, -0.05) is 13.0 Å². The molecule has 1 aromatic rings. The topological polar surface area (TPSA) is 74.7 Å². The second-order valence-corrected chi connectivity index (χ2v) is 7.57. The highest BCUT2D eigenvalue weighted by Gasteiger charge is 2.47. The number of thiophene rings is 1. The van der Waals surface area contributed by atoms with Gasteiger partial charge in [0.2, 0.25) is 0 Å². The summed E-state index contributed by atoms with van der Waals surface area (Å²) in [7, 11) is -3.52. The fraction of sp³-hybridized carbons (Fsp3) is 0.545. The van der Waals surface area contributed by atoms with Gasteiger partial charge in [0.15, 0.2) is 0 Å². The average Bonchev–Trinajstić information content (AvgIpc) is 2.99. The predicted molar refractivity (Wildman–Crippen MR) is 68.1 cm³/mol. The number of carboxylic acid groups (broad SMARTS) is 1. The first kappa shape index (κ1) is 13.5. The van der Waals surface area contributed by atoms with Gasteiger partial charge >= 0.3 is 5.97 Å². The molecule has 5 nitrogen and oxygen atoms in total. The minimum Gasteiger partial charge on any atom is -0.481 e. The zero-order chi connectivity index (χ0) is 13.4. The molecule has 1 aromatic heterocycles. The fourth-order valence-corrected chi connectivity index (χ4v) is 4.86. The minimum atomic E-state index is -3.52. The van der Waals surface area contributed by atoms with E-state index in [2.05, 4.69) is 0 Å². The van der Waals surface area contributed by atoms with E-state index >= 15 is 0 Å². The molecule has 2 heterocycles. The van der Waals surface area contributed by atoms with Crippen LogP contribution in [0.3, 0.4) is 0 Å². The van der Waals surface area contributed by atoms with Gasteiger partial charge in [-0.05, 0) is 24.3 Å². The number of hydrogen-bond donors (Lipinski definition) is 1. The molecule has 1 unspecified atom stereocenters. The predicted octanol–water partition coefficient (Wildman–Crippen LogP) is 1.62. The van der Waals surface area contributed by atoms with E-state index in [4.69, 9.17) is 0 Å². The van der Waals surface area contributed by atoms with Crippen molar-refractivity contribution in [1.29, 1.82) is 0 Å². The fourth-order valence-electron chi connectivity index (χ4n) is 2.19. The van der Waals surface area contributed by atoms with Crippen LogP contribution < -0.4 is 0 Å². The minimum absolute atomic E-state index is 0.0685. The molecule has 0 bridgehead atoms. The quantitative estimate of drug-likeness (QED) is 0.914. The Labute approximate surface area is 110 Å². The summed E-state index contributed by atoms with van der Waals surface area (Å²) < 4.78 is 26.1. The molecule has 0 aliphatic carbocycles. The third kappa shape index (κ3) is 2.06. The molecule has 1 aliphatic rings. The number of nitrogens with zero attached hydrogens (tertiary/aromatic N) is 1. The first-order valence-corrected chi connectivity index (χ1v) is 8.01. The number of sulfonamides is 1. The highest BCUT2D eigenvalue weighted by Crippen LogP contribution is 2.37. The SMILES string of the molecule is CCC1(C(=O)O)CCN(S(=O)(=O)c2cccs2)C1. The first-order chi connectivity index (χ1) is 8.42. The summed E-state index contributed by atoms with van der Waals surface area (Å²) in [6.45, 7) is 2.13. The lowest BCUT2D eigenvalue weighted by Crippen LogP contribution is -2.36. The average molecular weight is 289 g/mol. The van der Waals surface area contributed by atoms with Gasteiger partial charge in [0.25, 0.3) is 10.0 Å². The van der Waals surface area contributed by atoms with Crippen LogP contribution in [0.1, 0.15) is 19.8 Å². The van der Waals surface area contributed by atoms with Gasteiger partial charge in [-0.25, -0.2) is 8.42 Å². The first-order valence-electron chi connectivity index (χ1n) is 5.69. The van der Waals surface area contributed by atoms with Gasteiger partial charge in [0.1, 0.15) is 4.21 Å². The van der Waals surface area contributed by atoms with Crippen LogP contribution in [-0.2, 0) is 14.8 Å². The van der Waals surface area contributed by atoms with Crippen molar-refractivity contribution in [3.8, 4) is 0 Å². The maximum absolute atomic E-state index is 12.3. The lowest BCUT2D eigenvalue weighted by Gasteiger charge is -2.22. The Kier molecular flexibility index (Phi) is 3.48. The molecule has 2 rings (SSSR count). The highest BCUT2D eigenvalue weighted by atomic mass is 32.2. The van der Waals surface area contributed by atoms with E-state index in [0.29, 0.717) is 12.8 Å². The Hall–Kier alpha value is -0.920. The van der Waals surface area contributed by atoms with Crippen molar-refractivity contribution < 1.29 is 18.3 Å². The number of carboxylic acids is 1. The van der Waals surface area contributed by atoms with Crippen molar-refractivity contribution in [2.45, 2.75) is 24.0 Å². The summed E-state index contributed by atoms with van der Waals surface area (Å²) in [4.78, 5) is 11.3. The standard InChI is InChI=1S/C11H15NO4S2/c1-2-11(10(13)14)5-6-12(8-11)18(15,16)9-4-3-7-17-9/h3-4,7H,2,5-6,8H2,1H3,(H,13,14). The summed E-state index contributed by atoms with van der Waals surface area (Å²) in [6, 6.07) is 3.23. The second kappa shape index (κ2) is 4.64. The van der Waals surface area contributed by atoms with E-state index in [0.717, 1.165) is 11.3 Å². The van der Waals surface area contributed by atoms with Gasteiger partial charge in [0, 0.05) is 13.1 Å². The van der Waals surface area contributed by atoms with Crippen molar-refractivity contribution >= 4 is 27.3 Å². The summed E-state index contributed by atoms with van der Waals surface area (Å²) in [5.41, 5.74) is -0.926. The van der Waals surface area contributed by atoms with Crippen LogP contribution in [0.2, 0.25) is 0 Å². The highest BCUT2D eigenvalue weighted by molar-refractivity contribution is 7.91. The molecule has 1 aliphatic heterocycles. The zero-order valence-corrected chi connectivity index (χ0v) is 11.6. The third-order valence-electron chi connectivity index (χ3n) is 3.54. The second-order valence-electron chi connectivity index (χ2n) is 4.46. The van der Waals surface area contributed by atoms with Gasteiger partial charge in [-0.3, -0.25) is 4.79 Å². The van der Waals surface area contributed by atoms with Crippen molar-refractivity contribution in [2.24, 2.45) is 5.41 Å². The van der Waals surface area contributed by atoms with Crippen molar-refractivity contribution in [3.05, 3.63) is 17.5 Å². The molecule has 7 heteroatoms. The Morgan fingerprint density at radius 3 is 2.78 bits per heavy atom. The van der Waals surface area contributed by atoms with E-state index in [9.17, 15) is 18.3 Å². The van der Waals surface area contributed by atoms with E-state index < -0.39 is 21.4 Å². The molecule has 0 spiro atoms. The lowest BCUT2D eigenvalue weighted by molar-refractivity contribution is -0.148. The van der Waals surface area contributed by atoms with E-state index in [1.54, 1.807) is 24.4 Å². The maximum atomic E-state index is 12.3. The van der Waals surface area contributed by atoms with Gasteiger partial charge in [-0.15, -0.1) is 11.3 Å². The number of hydrogen-bond acceptors (Lipinski definition) is 4. The summed E-state index contributed by atoms with van der Waals surface area (Å²) in [5.74, 6) is -0.908. The van der Waals surface area contributed by atoms with Gasteiger partial charge in [-0.2, -0.15) is 4.31 Å². The molecule has 0 amide bonds. The zero-order valence-electron chi connectivity index (χ0n) is 10.00. The molecule has 1 atom stereocenters. The van der Waals surface area contributed by atoms with Crippen LogP contribution >= 0.6 is 11.3 Å². The van der Waals surface area contributed by atoms with E-state index in [1.165, 1.54) is 4.31 Å². The Morgan fingerprint density at radius 2 is 2.33 bits per heavy atom. The normalized spacial score (nSPS) is 25.4. The summed E-state index contributed by atoms with van der Waals surface area (Å²) in [5, 5.41) is 11.0. The van der Waals surface area contributed by atoms with Crippen LogP contribution in [0.4, 0.5) is 0 Å². The maximum Gasteiger partial charge on any atom is 0.311 e. The molecule has 100 valence electrons. The summed E-state index contributed by atoms with van der Waals surface area (Å²) >= 11 is 1.16. The molecule has 0 aromatic carbocycles. The molecular formula is C11H15NO4S2. The molecule has 18 heavy (non-hydrogen) atoms. The largest absolute Gasteiger partial charge is 0.481 e. The van der Waals surface area contributed by atoms with Gasteiger partial charge < -0.3 is 5.11 Å². The molecule has 1 saturated heterocycles. The summed E-state index contributed by atoms with van der Waals surface area (Å²) in [6.07, 6.45) is 0.822. The van der Waals surface area contributed by atoms with Crippen molar-refractivity contribution in [3.63, 3.8) is 0 Å². The molecular weight excluding hydrogens is 274 g/mol. The van der Waals surface area contributed by atoms with Crippen LogP contribution in [0.5, 0.6) is 0 Å². The van der Waals surface area contributed by atoms with Gasteiger partial charge in [0.05, 0.1) is 5.41 Å². The lowest BCUT2D eigenvalue weighted by atomic mass is 9.85. The molecule has 1 fully saturated rings. The molecule has 0 radical (unpaired) electrons. The number of carbonyl (C=O) groups is 1. The molecule has 1 N–H and O–H groups in total. The van der Waals surface area contributed by atoms with E-state index in [1.807, 2.05) is 0 Å². The van der Waals surface area contributed by atoms with Crippen LogP contribution in [0.15, 0.2) is 21.7 Å². The number of aliphatic carboxylic acids is 1. The van der Waals surface area contributed by atoms with Crippen LogP contribution in [-0.4, -0.2) is 36.9 Å². The third-order valence-corrected chi connectivity index (χ3v) is 6.76. The van der Waals surface area contributed by atoms with E-state index in [-0.39, 0.29) is 17.3 Å². The Bertz CT molecular complexity index is 537. The van der Waals surface area contributed by atoms with Crippen LogP contribution in [0.25, 0.3) is 0 Å². The van der Waals surface area contributed by atoms with Crippen molar-refractivity contribution in [2.75, 3.05) is 13.1 Å². The van der Waals surface area contributed by atoms with Crippen molar-refractivity contribution in [1.82, 2.24) is 4.31 Å². The van der Waals surface area contributed by atoms with Crippen LogP contribution in [0, 0.1) is 5.41 Å². The smallest absolute Gasteiger partial charge is 0.311 e. The molecule has 0 saturated carbocycles. The number of rotatable bonds is 4. The monoisotopic (exact) mass is 289 g/mol.